The second-order valence-corrected chi connectivity index (χ2v) is 11.8. The van der Waals surface area contributed by atoms with Gasteiger partial charge in [-0.05, 0) is 70.2 Å². The maximum Gasteiger partial charge on any atom is 0.273 e. The minimum Gasteiger partial charge on any atom is -0.381 e. The molecule has 3 aromatic rings. The van der Waals surface area contributed by atoms with E-state index in [4.69, 9.17) is 5.14 Å². The van der Waals surface area contributed by atoms with Gasteiger partial charge in [-0.25, -0.2) is 26.7 Å². The zero-order chi connectivity index (χ0) is 26.7. The van der Waals surface area contributed by atoms with Crippen molar-refractivity contribution in [2.24, 2.45) is 5.14 Å². The molecule has 2 atom stereocenters. The number of primary sulfonamides is 1. The highest BCUT2D eigenvalue weighted by Gasteiger charge is 2.29. The summed E-state index contributed by atoms with van der Waals surface area (Å²) < 4.78 is 65.4. The quantitative estimate of drug-likeness (QED) is 0.353. The SMILES string of the molecule is CC(C#Cc1sc2c(NC3CCN(C)CC3)cccc2c1C(F)C(F)F)Nc1ccc(S(N)(=O)=O)cc1. The maximum atomic E-state index is 14.8. The largest absolute Gasteiger partial charge is 0.381 e. The Morgan fingerprint density at radius 1 is 1.11 bits per heavy atom. The fourth-order valence-corrected chi connectivity index (χ4v) is 6.01. The summed E-state index contributed by atoms with van der Waals surface area (Å²) in [4.78, 5) is 2.51. The maximum absolute atomic E-state index is 14.8. The summed E-state index contributed by atoms with van der Waals surface area (Å²) in [5.74, 6) is 5.88. The molecular formula is C26H29F3N4O2S2. The van der Waals surface area contributed by atoms with Crippen molar-refractivity contribution in [3.8, 4) is 11.8 Å². The Bertz CT molecular complexity index is 1410. The molecule has 0 amide bonds. The first-order valence-electron chi connectivity index (χ1n) is 11.9. The molecule has 11 heteroatoms. The molecule has 2 heterocycles. The van der Waals surface area contributed by atoms with Crippen molar-refractivity contribution in [1.29, 1.82) is 0 Å². The Labute approximate surface area is 219 Å². The van der Waals surface area contributed by atoms with Crippen LogP contribution in [0.15, 0.2) is 47.4 Å². The second-order valence-electron chi connectivity index (χ2n) is 9.19. The molecule has 0 saturated carbocycles. The van der Waals surface area contributed by atoms with Gasteiger partial charge in [-0.3, -0.25) is 0 Å². The topological polar surface area (TPSA) is 87.5 Å². The predicted octanol–water partition coefficient (Wildman–Crippen LogP) is 5.18. The number of nitrogens with two attached hydrogens (primary N) is 1. The van der Waals surface area contributed by atoms with E-state index in [0.29, 0.717) is 15.8 Å². The number of nitrogens with one attached hydrogen (secondary N) is 2. The molecule has 2 aromatic carbocycles. The molecule has 198 valence electrons. The number of anilines is 2. The van der Waals surface area contributed by atoms with Crippen LogP contribution in [0.4, 0.5) is 24.5 Å². The van der Waals surface area contributed by atoms with Crippen LogP contribution in [0.3, 0.4) is 0 Å². The van der Waals surface area contributed by atoms with Crippen LogP contribution in [-0.4, -0.2) is 52.0 Å². The Hall–Kier alpha value is -2.78. The molecule has 1 aliphatic rings. The number of piperidine rings is 1. The molecule has 1 aliphatic heterocycles. The van der Waals surface area contributed by atoms with Gasteiger partial charge in [0.05, 0.1) is 26.2 Å². The first-order valence-corrected chi connectivity index (χ1v) is 14.2. The zero-order valence-electron chi connectivity index (χ0n) is 20.5. The predicted molar refractivity (Wildman–Crippen MR) is 144 cm³/mol. The van der Waals surface area contributed by atoms with Crippen molar-refractivity contribution < 1.29 is 21.6 Å². The number of rotatable bonds is 7. The van der Waals surface area contributed by atoms with Crippen LogP contribution >= 0.6 is 11.3 Å². The van der Waals surface area contributed by atoms with E-state index in [0.717, 1.165) is 31.6 Å². The van der Waals surface area contributed by atoms with Crippen LogP contribution in [0.2, 0.25) is 0 Å². The lowest BCUT2D eigenvalue weighted by molar-refractivity contribution is 0.0504. The summed E-state index contributed by atoms with van der Waals surface area (Å²) in [6, 6.07) is 11.0. The van der Waals surface area contributed by atoms with E-state index < -0.39 is 28.7 Å². The van der Waals surface area contributed by atoms with Crippen LogP contribution in [-0.2, 0) is 10.0 Å². The standard InChI is InChI=1S/C26H29F3N4O2S2/c1-16(31-17-7-9-19(10-8-17)37(30,34)35)6-11-22-23(24(27)26(28)29)20-4-3-5-21(25(20)36-22)32-18-12-14-33(2)15-13-18/h3-5,7-10,16,18,24,26,31-32H,12-15H2,1-2H3,(H2,30,34,35). The molecule has 4 N–H and O–H groups in total. The molecule has 0 aliphatic carbocycles. The molecule has 1 aromatic heterocycles. The third kappa shape index (κ3) is 6.57. The van der Waals surface area contributed by atoms with Gasteiger partial charge >= 0.3 is 0 Å². The van der Waals surface area contributed by atoms with Crippen LogP contribution in [0.5, 0.6) is 0 Å². The molecule has 6 nitrogen and oxygen atoms in total. The summed E-state index contributed by atoms with van der Waals surface area (Å²) in [5.41, 5.74) is 1.32. The minimum absolute atomic E-state index is 0.0163. The van der Waals surface area contributed by atoms with E-state index in [-0.39, 0.29) is 21.4 Å². The molecule has 2 unspecified atom stereocenters. The van der Waals surface area contributed by atoms with Gasteiger partial charge in [-0.2, -0.15) is 0 Å². The van der Waals surface area contributed by atoms with Crippen molar-refractivity contribution in [3.05, 3.63) is 52.9 Å². The van der Waals surface area contributed by atoms with Crippen LogP contribution < -0.4 is 15.8 Å². The average Bonchev–Trinajstić information content (AvgIpc) is 3.22. The zero-order valence-corrected chi connectivity index (χ0v) is 22.1. The molecule has 0 radical (unpaired) electrons. The Kier molecular flexibility index (Phi) is 8.33. The molecule has 1 fully saturated rings. The van der Waals surface area contributed by atoms with Crippen molar-refractivity contribution in [2.45, 2.75) is 49.3 Å². The summed E-state index contributed by atoms with van der Waals surface area (Å²) in [6.45, 7) is 3.70. The van der Waals surface area contributed by atoms with Gasteiger partial charge in [0.15, 0.2) is 6.17 Å². The van der Waals surface area contributed by atoms with E-state index in [1.54, 1.807) is 31.2 Å². The Balaban J connectivity index is 1.62. The van der Waals surface area contributed by atoms with Crippen molar-refractivity contribution >= 4 is 42.8 Å². The van der Waals surface area contributed by atoms with Gasteiger partial charge < -0.3 is 15.5 Å². The molecule has 1 saturated heterocycles. The number of fused-ring (bicyclic) bond motifs is 1. The smallest absolute Gasteiger partial charge is 0.273 e. The highest BCUT2D eigenvalue weighted by molar-refractivity contribution is 7.89. The lowest BCUT2D eigenvalue weighted by atomic mass is 10.0. The number of hydrogen-bond acceptors (Lipinski definition) is 6. The summed E-state index contributed by atoms with van der Waals surface area (Å²) in [5, 5.41) is 12.2. The van der Waals surface area contributed by atoms with Crippen molar-refractivity contribution in [1.82, 2.24) is 4.90 Å². The van der Waals surface area contributed by atoms with Gasteiger partial charge in [-0.15, -0.1) is 11.3 Å². The van der Waals surface area contributed by atoms with Gasteiger partial charge in [0, 0.05) is 22.7 Å². The van der Waals surface area contributed by atoms with E-state index in [9.17, 15) is 21.6 Å². The van der Waals surface area contributed by atoms with Crippen LogP contribution in [0, 0.1) is 11.8 Å². The average molecular weight is 551 g/mol. The molecule has 37 heavy (non-hydrogen) atoms. The number of hydrogen-bond donors (Lipinski definition) is 3. The second kappa shape index (κ2) is 11.3. The molecular weight excluding hydrogens is 521 g/mol. The van der Waals surface area contributed by atoms with Gasteiger partial charge in [-0.1, -0.05) is 24.0 Å². The highest BCUT2D eigenvalue weighted by Crippen LogP contribution is 2.42. The number of benzene rings is 2. The first kappa shape index (κ1) is 27.3. The van der Waals surface area contributed by atoms with E-state index >= 15 is 0 Å². The highest BCUT2D eigenvalue weighted by atomic mass is 32.2. The van der Waals surface area contributed by atoms with Gasteiger partial charge in [0.1, 0.15) is 0 Å². The van der Waals surface area contributed by atoms with Crippen LogP contribution in [0.25, 0.3) is 10.1 Å². The number of thiophene rings is 1. The lowest BCUT2D eigenvalue weighted by Gasteiger charge is -2.30. The number of sulfonamides is 1. The monoisotopic (exact) mass is 550 g/mol. The van der Waals surface area contributed by atoms with Crippen molar-refractivity contribution in [3.63, 3.8) is 0 Å². The minimum atomic E-state index is -3.80. The normalized spacial score (nSPS) is 16.8. The Morgan fingerprint density at radius 2 is 1.78 bits per heavy atom. The summed E-state index contributed by atoms with van der Waals surface area (Å²) >= 11 is 1.21. The van der Waals surface area contributed by atoms with Crippen LogP contribution in [0.1, 0.15) is 36.4 Å². The number of halogens is 3. The molecule has 0 spiro atoms. The third-order valence-corrected chi connectivity index (χ3v) is 8.40. The first-order chi connectivity index (χ1) is 17.5. The lowest BCUT2D eigenvalue weighted by Crippen LogP contribution is -2.36. The van der Waals surface area contributed by atoms with E-state index in [1.807, 2.05) is 6.07 Å². The number of nitrogens with zero attached hydrogens (tertiary/aromatic N) is 1. The third-order valence-electron chi connectivity index (χ3n) is 6.30. The molecule has 4 rings (SSSR count). The van der Waals surface area contributed by atoms with Gasteiger partial charge in [0.2, 0.25) is 10.0 Å². The van der Waals surface area contributed by atoms with E-state index in [1.165, 1.54) is 23.5 Å². The number of alkyl halides is 3. The fourth-order valence-electron chi connectivity index (χ4n) is 4.32. The fraction of sp³-hybridized carbons (Fsp3) is 0.385. The summed E-state index contributed by atoms with van der Waals surface area (Å²) in [7, 11) is -1.72. The Morgan fingerprint density at radius 3 is 2.41 bits per heavy atom. The number of likely N-dealkylation sites (tertiary alicyclic amines) is 1. The molecule has 0 bridgehead atoms. The summed E-state index contributed by atoms with van der Waals surface area (Å²) in [6.07, 6.45) is -3.70. The van der Waals surface area contributed by atoms with E-state index in [2.05, 4.69) is 34.4 Å². The van der Waals surface area contributed by atoms with Gasteiger partial charge in [0.25, 0.3) is 6.43 Å². The van der Waals surface area contributed by atoms with Crippen molar-refractivity contribution in [2.75, 3.05) is 30.8 Å².